The molecular formula is C12H22N2O3S. The third-order valence-corrected chi connectivity index (χ3v) is 4.37. The maximum absolute atomic E-state index is 11.6. The molecule has 1 aromatic heterocycles. The van der Waals surface area contributed by atoms with Crippen LogP contribution in [0.2, 0.25) is 0 Å². The summed E-state index contributed by atoms with van der Waals surface area (Å²) in [5.74, 6) is 0.216. The zero-order chi connectivity index (χ0) is 13.8. The van der Waals surface area contributed by atoms with Crippen LogP contribution in [0, 0.1) is 5.92 Å². The Bertz CT molecular complexity index is 465. The summed E-state index contributed by atoms with van der Waals surface area (Å²) in [6.45, 7) is 3.97. The maximum Gasteiger partial charge on any atom is 0.211 e. The van der Waals surface area contributed by atoms with Crippen molar-refractivity contribution in [2.24, 2.45) is 13.0 Å². The van der Waals surface area contributed by atoms with Gasteiger partial charge in [-0.25, -0.2) is 13.1 Å². The molecular weight excluding hydrogens is 252 g/mol. The van der Waals surface area contributed by atoms with E-state index in [9.17, 15) is 13.5 Å². The number of nitrogens with one attached hydrogen (secondary N) is 1. The van der Waals surface area contributed by atoms with Crippen LogP contribution >= 0.6 is 0 Å². The summed E-state index contributed by atoms with van der Waals surface area (Å²) in [6, 6.07) is 3.68. The summed E-state index contributed by atoms with van der Waals surface area (Å²) in [4.78, 5) is 0. The van der Waals surface area contributed by atoms with Gasteiger partial charge in [0, 0.05) is 25.5 Å². The minimum absolute atomic E-state index is 0.0975. The fourth-order valence-corrected chi connectivity index (χ4v) is 3.24. The average Bonchev–Trinajstić information content (AvgIpc) is 2.61. The first-order valence-corrected chi connectivity index (χ1v) is 7.73. The molecule has 18 heavy (non-hydrogen) atoms. The number of hydrogen-bond donors (Lipinski definition) is 2. The van der Waals surface area contributed by atoms with Crippen LogP contribution in [-0.4, -0.2) is 30.4 Å². The molecule has 0 radical (unpaired) electrons. The fraction of sp³-hybridized carbons (Fsp3) is 0.667. The standard InChI is InChI=1S/C12H22N2O3S/c1-10(2)9-18(16,17)13-7-6-12(15)11-5-4-8-14(11)3/h4-5,8,10,12-13,15H,6-7,9H2,1-3H3. The van der Waals surface area contributed by atoms with Crippen molar-refractivity contribution in [3.8, 4) is 0 Å². The van der Waals surface area contributed by atoms with Crippen molar-refractivity contribution in [3.63, 3.8) is 0 Å². The molecule has 0 bridgehead atoms. The molecule has 0 spiro atoms. The molecule has 2 N–H and O–H groups in total. The van der Waals surface area contributed by atoms with Gasteiger partial charge in [0.05, 0.1) is 11.9 Å². The van der Waals surface area contributed by atoms with Crippen LogP contribution < -0.4 is 4.72 Å². The van der Waals surface area contributed by atoms with Crippen molar-refractivity contribution < 1.29 is 13.5 Å². The number of rotatable bonds is 7. The molecule has 0 aliphatic carbocycles. The highest BCUT2D eigenvalue weighted by molar-refractivity contribution is 7.89. The number of aliphatic hydroxyl groups is 1. The Hall–Kier alpha value is -0.850. The largest absolute Gasteiger partial charge is 0.387 e. The normalized spacial score (nSPS) is 14.1. The number of aryl methyl sites for hydroxylation is 1. The van der Waals surface area contributed by atoms with Gasteiger partial charge in [-0.05, 0) is 24.5 Å². The van der Waals surface area contributed by atoms with E-state index >= 15 is 0 Å². The van der Waals surface area contributed by atoms with Crippen LogP contribution in [-0.2, 0) is 17.1 Å². The first-order chi connectivity index (χ1) is 8.32. The summed E-state index contributed by atoms with van der Waals surface area (Å²) in [7, 11) is -1.37. The first kappa shape index (κ1) is 15.2. The second-order valence-corrected chi connectivity index (χ2v) is 6.77. The van der Waals surface area contributed by atoms with Crippen LogP contribution in [0.4, 0.5) is 0 Å². The molecule has 1 aromatic rings. The molecule has 0 aliphatic rings. The number of sulfonamides is 1. The summed E-state index contributed by atoms with van der Waals surface area (Å²) in [5, 5.41) is 9.91. The lowest BCUT2D eigenvalue weighted by atomic mass is 10.2. The highest BCUT2D eigenvalue weighted by Crippen LogP contribution is 2.15. The van der Waals surface area contributed by atoms with Crippen LogP contribution in [0.5, 0.6) is 0 Å². The van der Waals surface area contributed by atoms with E-state index in [1.54, 1.807) is 0 Å². The van der Waals surface area contributed by atoms with Crippen LogP contribution in [0.3, 0.4) is 0 Å². The van der Waals surface area contributed by atoms with Crippen LogP contribution in [0.15, 0.2) is 18.3 Å². The molecule has 1 unspecified atom stereocenters. The second-order valence-electron chi connectivity index (χ2n) is 4.92. The molecule has 6 heteroatoms. The van der Waals surface area contributed by atoms with Crippen LogP contribution in [0.25, 0.3) is 0 Å². The summed E-state index contributed by atoms with van der Waals surface area (Å²) in [6.07, 6.45) is 1.57. The Balaban J connectivity index is 2.41. The minimum atomic E-state index is -3.22. The van der Waals surface area contributed by atoms with Crippen molar-refractivity contribution in [2.75, 3.05) is 12.3 Å². The highest BCUT2D eigenvalue weighted by Gasteiger charge is 2.14. The molecule has 0 saturated carbocycles. The predicted molar refractivity (Wildman–Crippen MR) is 71.6 cm³/mol. The van der Waals surface area contributed by atoms with Gasteiger partial charge in [-0.3, -0.25) is 0 Å². The Morgan fingerprint density at radius 3 is 2.61 bits per heavy atom. The van der Waals surface area contributed by atoms with Crippen LogP contribution in [0.1, 0.15) is 32.1 Å². The lowest BCUT2D eigenvalue weighted by Crippen LogP contribution is -2.30. The molecule has 0 aromatic carbocycles. The summed E-state index contributed by atoms with van der Waals surface area (Å²) < 4.78 is 27.5. The van der Waals surface area contributed by atoms with Crippen molar-refractivity contribution in [1.82, 2.24) is 9.29 Å². The van der Waals surface area contributed by atoms with E-state index in [1.807, 2.05) is 43.8 Å². The minimum Gasteiger partial charge on any atom is -0.387 e. The third kappa shape index (κ3) is 4.80. The van der Waals surface area contributed by atoms with Crippen molar-refractivity contribution in [3.05, 3.63) is 24.0 Å². The molecule has 5 nitrogen and oxygen atoms in total. The van der Waals surface area contributed by atoms with Gasteiger partial charge in [0.1, 0.15) is 0 Å². The summed E-state index contributed by atoms with van der Waals surface area (Å²) >= 11 is 0. The number of hydrogen-bond acceptors (Lipinski definition) is 3. The highest BCUT2D eigenvalue weighted by atomic mass is 32.2. The third-order valence-electron chi connectivity index (χ3n) is 2.62. The van der Waals surface area contributed by atoms with Gasteiger partial charge in [-0.15, -0.1) is 0 Å². The van der Waals surface area contributed by atoms with Gasteiger partial charge < -0.3 is 9.67 Å². The van der Waals surface area contributed by atoms with E-state index in [4.69, 9.17) is 0 Å². The monoisotopic (exact) mass is 274 g/mol. The van der Waals surface area contributed by atoms with E-state index in [1.165, 1.54) is 0 Å². The van der Waals surface area contributed by atoms with E-state index in [0.717, 1.165) is 5.69 Å². The van der Waals surface area contributed by atoms with Gasteiger partial charge in [0.2, 0.25) is 10.0 Å². The topological polar surface area (TPSA) is 71.3 Å². The molecule has 0 fully saturated rings. The maximum atomic E-state index is 11.6. The molecule has 0 aliphatic heterocycles. The van der Waals surface area contributed by atoms with E-state index < -0.39 is 16.1 Å². The van der Waals surface area contributed by atoms with Gasteiger partial charge in [-0.1, -0.05) is 13.8 Å². The molecule has 104 valence electrons. The molecule has 1 atom stereocenters. The Morgan fingerprint density at radius 1 is 1.44 bits per heavy atom. The van der Waals surface area contributed by atoms with Crippen molar-refractivity contribution in [1.29, 1.82) is 0 Å². The van der Waals surface area contributed by atoms with Gasteiger partial charge in [0.25, 0.3) is 0 Å². The average molecular weight is 274 g/mol. The Kier molecular flexibility index (Phi) is 5.37. The van der Waals surface area contributed by atoms with Crippen molar-refractivity contribution in [2.45, 2.75) is 26.4 Å². The van der Waals surface area contributed by atoms with E-state index in [2.05, 4.69) is 4.72 Å². The molecule has 1 rings (SSSR count). The summed E-state index contributed by atoms with van der Waals surface area (Å²) in [5.41, 5.74) is 0.790. The first-order valence-electron chi connectivity index (χ1n) is 6.08. The Labute approximate surface area is 109 Å². The fourth-order valence-electron chi connectivity index (χ4n) is 1.82. The number of aromatic nitrogens is 1. The van der Waals surface area contributed by atoms with Gasteiger partial charge in [-0.2, -0.15) is 0 Å². The molecule has 1 heterocycles. The lowest BCUT2D eigenvalue weighted by molar-refractivity contribution is 0.161. The van der Waals surface area contributed by atoms with Gasteiger partial charge >= 0.3 is 0 Å². The SMILES string of the molecule is CC(C)CS(=O)(=O)NCCC(O)c1cccn1C. The second kappa shape index (κ2) is 6.36. The quantitative estimate of drug-likeness (QED) is 0.780. The van der Waals surface area contributed by atoms with Crippen molar-refractivity contribution >= 4 is 10.0 Å². The van der Waals surface area contributed by atoms with Gasteiger partial charge in [0.15, 0.2) is 0 Å². The molecule has 0 saturated heterocycles. The van der Waals surface area contributed by atoms with E-state index in [-0.39, 0.29) is 18.2 Å². The Morgan fingerprint density at radius 2 is 2.11 bits per heavy atom. The number of aliphatic hydroxyl groups excluding tert-OH is 1. The predicted octanol–water partition coefficient (Wildman–Crippen LogP) is 1.02. The zero-order valence-corrected chi connectivity index (χ0v) is 11.9. The molecule has 0 amide bonds. The number of nitrogens with zero attached hydrogens (tertiary/aromatic N) is 1. The lowest BCUT2D eigenvalue weighted by Gasteiger charge is -2.13. The van der Waals surface area contributed by atoms with E-state index in [0.29, 0.717) is 6.42 Å². The zero-order valence-electron chi connectivity index (χ0n) is 11.1. The smallest absolute Gasteiger partial charge is 0.211 e.